The molecule has 2 aromatic rings. The maximum absolute atomic E-state index is 12.5. The minimum Gasteiger partial charge on any atom is -0.497 e. The van der Waals surface area contributed by atoms with E-state index in [0.29, 0.717) is 15.2 Å². The van der Waals surface area contributed by atoms with E-state index in [4.69, 9.17) is 4.74 Å². The number of aromatic nitrogens is 1. The van der Waals surface area contributed by atoms with Crippen molar-refractivity contribution < 1.29 is 9.53 Å². The van der Waals surface area contributed by atoms with Crippen LogP contribution >= 0.6 is 23.1 Å². The van der Waals surface area contributed by atoms with E-state index in [2.05, 4.69) is 9.98 Å². The summed E-state index contributed by atoms with van der Waals surface area (Å²) in [7, 11) is 3.36. The summed E-state index contributed by atoms with van der Waals surface area (Å²) in [5.74, 6) is 0.749. The Morgan fingerprint density at radius 3 is 2.65 bits per heavy atom. The van der Waals surface area contributed by atoms with Gasteiger partial charge in [-0.15, -0.1) is 11.3 Å². The molecular formula is C16H15N3O2S2. The van der Waals surface area contributed by atoms with Crippen LogP contribution < -0.4 is 4.74 Å². The van der Waals surface area contributed by atoms with E-state index in [1.807, 2.05) is 36.6 Å². The van der Waals surface area contributed by atoms with Gasteiger partial charge >= 0.3 is 0 Å². The molecule has 0 saturated carbocycles. The number of carbonyl (C=O) groups is 1. The van der Waals surface area contributed by atoms with Crippen LogP contribution in [0.5, 0.6) is 5.75 Å². The molecule has 2 heterocycles. The Bertz CT molecular complexity index is 780. The van der Waals surface area contributed by atoms with Gasteiger partial charge in [0.2, 0.25) is 5.13 Å². The first kappa shape index (κ1) is 15.8. The van der Waals surface area contributed by atoms with Crippen LogP contribution in [0.1, 0.15) is 12.5 Å². The lowest BCUT2D eigenvalue weighted by molar-refractivity contribution is -0.121. The molecule has 5 nitrogen and oxygen atoms in total. The number of allylic oxidation sites excluding steroid dienone is 1. The van der Waals surface area contributed by atoms with Crippen LogP contribution in [0.15, 0.2) is 45.7 Å². The maximum Gasteiger partial charge on any atom is 0.266 e. The van der Waals surface area contributed by atoms with Crippen molar-refractivity contribution in [1.82, 2.24) is 9.88 Å². The number of hydrogen-bond acceptors (Lipinski definition) is 6. The van der Waals surface area contributed by atoms with Crippen LogP contribution in [-0.2, 0) is 4.79 Å². The monoisotopic (exact) mass is 345 g/mol. The molecule has 0 unspecified atom stereocenters. The molecule has 0 N–H and O–H groups in total. The highest BCUT2D eigenvalue weighted by atomic mass is 32.2. The number of likely N-dealkylation sites (N-methyl/N-ethyl adjacent to an activating group) is 1. The Kier molecular flexibility index (Phi) is 4.49. The summed E-state index contributed by atoms with van der Waals surface area (Å²) in [5, 5.41) is 3.16. The fourth-order valence-corrected chi connectivity index (χ4v) is 3.69. The Morgan fingerprint density at radius 1 is 1.30 bits per heavy atom. The summed E-state index contributed by atoms with van der Waals surface area (Å²) in [6.07, 6.45) is 1.70. The molecule has 23 heavy (non-hydrogen) atoms. The zero-order valence-corrected chi connectivity index (χ0v) is 14.6. The van der Waals surface area contributed by atoms with Gasteiger partial charge in [0, 0.05) is 18.6 Å². The lowest BCUT2D eigenvalue weighted by atomic mass is 10.1. The first-order valence-electron chi connectivity index (χ1n) is 6.89. The van der Waals surface area contributed by atoms with Gasteiger partial charge in [-0.2, -0.15) is 4.99 Å². The van der Waals surface area contributed by atoms with Crippen LogP contribution in [-0.4, -0.2) is 35.1 Å². The number of benzene rings is 1. The number of carbonyl (C=O) groups excluding carboxylic acids is 1. The average molecular weight is 345 g/mol. The molecule has 0 atom stereocenters. The van der Waals surface area contributed by atoms with Crippen molar-refractivity contribution in [3.63, 3.8) is 0 Å². The quantitative estimate of drug-likeness (QED) is 0.795. The molecule has 118 valence electrons. The van der Waals surface area contributed by atoms with Gasteiger partial charge in [-0.25, -0.2) is 4.98 Å². The van der Waals surface area contributed by atoms with Gasteiger partial charge in [0.25, 0.3) is 5.91 Å². The second-order valence-electron chi connectivity index (χ2n) is 4.86. The van der Waals surface area contributed by atoms with E-state index in [-0.39, 0.29) is 5.91 Å². The molecule has 1 saturated heterocycles. The standard InChI is InChI=1S/C16H15N3O2S2/c1-10(11-4-6-12(21-3)7-5-11)13-14(20)19(2)16(23-13)18-15-17-8-9-22-15/h4-9H,1-3H3/b13-10-,18-16+. The average Bonchev–Trinajstić information content (AvgIpc) is 3.18. The molecule has 1 aliphatic rings. The molecule has 0 bridgehead atoms. The van der Waals surface area contributed by atoms with Crippen molar-refractivity contribution in [2.75, 3.05) is 14.2 Å². The van der Waals surface area contributed by atoms with E-state index < -0.39 is 0 Å². The summed E-state index contributed by atoms with van der Waals surface area (Å²) in [4.78, 5) is 23.3. The lowest BCUT2D eigenvalue weighted by Crippen LogP contribution is -2.23. The van der Waals surface area contributed by atoms with Gasteiger partial charge in [-0.3, -0.25) is 9.69 Å². The number of methoxy groups -OCH3 is 1. The highest BCUT2D eigenvalue weighted by Crippen LogP contribution is 2.37. The number of amides is 1. The Balaban J connectivity index is 1.94. The molecule has 1 fully saturated rings. The van der Waals surface area contributed by atoms with E-state index in [1.54, 1.807) is 25.3 Å². The fourth-order valence-electron chi connectivity index (χ4n) is 2.10. The molecule has 1 amide bonds. The number of thiazole rings is 1. The minimum absolute atomic E-state index is 0.0429. The summed E-state index contributed by atoms with van der Waals surface area (Å²) in [5.41, 5.74) is 1.92. The third-order valence-corrected chi connectivity index (χ3v) is 5.35. The summed E-state index contributed by atoms with van der Waals surface area (Å²) in [6.45, 7) is 1.95. The van der Waals surface area contributed by atoms with E-state index in [9.17, 15) is 4.79 Å². The van der Waals surface area contributed by atoms with Crippen molar-refractivity contribution in [2.24, 2.45) is 4.99 Å². The number of rotatable bonds is 3. The molecule has 1 aromatic carbocycles. The molecule has 7 heteroatoms. The number of hydrogen-bond donors (Lipinski definition) is 0. The van der Waals surface area contributed by atoms with Crippen molar-refractivity contribution in [2.45, 2.75) is 6.92 Å². The number of amidine groups is 1. The van der Waals surface area contributed by atoms with Crippen LogP contribution in [0, 0.1) is 0 Å². The zero-order valence-electron chi connectivity index (χ0n) is 12.9. The van der Waals surface area contributed by atoms with Crippen LogP contribution in [0.4, 0.5) is 5.13 Å². The second kappa shape index (κ2) is 6.55. The molecule has 1 aliphatic heterocycles. The summed E-state index contributed by atoms with van der Waals surface area (Å²) in [6, 6.07) is 7.67. The van der Waals surface area contributed by atoms with Crippen molar-refractivity contribution in [3.8, 4) is 5.75 Å². The topological polar surface area (TPSA) is 54.8 Å². The molecule has 0 spiro atoms. The number of thioether (sulfide) groups is 1. The Labute approximate surface area is 142 Å². The van der Waals surface area contributed by atoms with Crippen LogP contribution in [0.3, 0.4) is 0 Å². The van der Waals surface area contributed by atoms with E-state index in [0.717, 1.165) is 16.9 Å². The highest BCUT2D eigenvalue weighted by molar-refractivity contribution is 8.18. The first-order chi connectivity index (χ1) is 11.1. The summed E-state index contributed by atoms with van der Waals surface area (Å²) >= 11 is 2.82. The van der Waals surface area contributed by atoms with Gasteiger partial charge in [-0.1, -0.05) is 12.1 Å². The maximum atomic E-state index is 12.5. The smallest absolute Gasteiger partial charge is 0.266 e. The first-order valence-corrected chi connectivity index (χ1v) is 8.59. The lowest BCUT2D eigenvalue weighted by Gasteiger charge is -2.07. The Morgan fingerprint density at radius 2 is 2.04 bits per heavy atom. The van der Waals surface area contributed by atoms with Gasteiger partial charge in [-0.05, 0) is 42.0 Å². The number of nitrogens with zero attached hydrogens (tertiary/aromatic N) is 3. The fraction of sp³-hybridized carbons (Fsp3) is 0.188. The van der Waals surface area contributed by atoms with E-state index >= 15 is 0 Å². The number of ether oxygens (including phenoxy) is 1. The van der Waals surface area contributed by atoms with Crippen molar-refractivity contribution in [3.05, 3.63) is 46.3 Å². The van der Waals surface area contributed by atoms with Gasteiger partial charge in [0.15, 0.2) is 5.17 Å². The second-order valence-corrected chi connectivity index (χ2v) is 6.71. The largest absolute Gasteiger partial charge is 0.497 e. The Hall–Kier alpha value is -2.12. The van der Waals surface area contributed by atoms with Crippen molar-refractivity contribution in [1.29, 1.82) is 0 Å². The molecule has 0 radical (unpaired) electrons. The normalized spacial score (nSPS) is 18.7. The van der Waals surface area contributed by atoms with Gasteiger partial charge in [0.1, 0.15) is 5.75 Å². The predicted molar refractivity (Wildman–Crippen MR) is 95.2 cm³/mol. The van der Waals surface area contributed by atoms with Gasteiger partial charge in [0.05, 0.1) is 12.0 Å². The predicted octanol–water partition coefficient (Wildman–Crippen LogP) is 3.78. The zero-order chi connectivity index (χ0) is 16.4. The molecule has 1 aromatic heterocycles. The van der Waals surface area contributed by atoms with Crippen molar-refractivity contribution >= 4 is 44.9 Å². The molecule has 0 aliphatic carbocycles. The third-order valence-electron chi connectivity index (χ3n) is 3.45. The van der Waals surface area contributed by atoms with Gasteiger partial charge < -0.3 is 4.74 Å². The highest BCUT2D eigenvalue weighted by Gasteiger charge is 2.32. The van der Waals surface area contributed by atoms with E-state index in [1.165, 1.54) is 23.1 Å². The molecule has 3 rings (SSSR count). The summed E-state index contributed by atoms with van der Waals surface area (Å²) < 4.78 is 5.17. The van der Waals surface area contributed by atoms with Crippen LogP contribution in [0.25, 0.3) is 5.57 Å². The third kappa shape index (κ3) is 3.16. The number of aliphatic imine (C=N–C) groups is 1. The minimum atomic E-state index is -0.0429. The SMILES string of the molecule is COc1ccc(/C(C)=C2\S/C(=N/c3nccs3)N(C)C2=O)cc1. The van der Waals surface area contributed by atoms with Crippen LogP contribution in [0.2, 0.25) is 0 Å². The molecular weight excluding hydrogens is 330 g/mol.